The van der Waals surface area contributed by atoms with Crippen LogP contribution in [0.25, 0.3) is 22.2 Å². The molecule has 28 heavy (non-hydrogen) atoms. The Morgan fingerprint density at radius 1 is 1.04 bits per heavy atom. The molecule has 0 bridgehead atoms. The highest BCUT2D eigenvalue weighted by molar-refractivity contribution is 5.82. The van der Waals surface area contributed by atoms with Gasteiger partial charge in [0.05, 0.1) is 11.0 Å². The predicted molar refractivity (Wildman–Crippen MR) is 89.0 cm³/mol. The number of hydrogen-bond acceptors (Lipinski definition) is 3. The van der Waals surface area contributed by atoms with Crippen molar-refractivity contribution in [2.45, 2.75) is 12.3 Å². The molecular formula is C18H12F6N2O2. The lowest BCUT2D eigenvalue weighted by Crippen LogP contribution is -2.29. The largest absolute Gasteiger partial charge is 0.438 e. The average molecular weight is 402 g/mol. The van der Waals surface area contributed by atoms with Crippen molar-refractivity contribution in [3.05, 3.63) is 58.5 Å². The second kappa shape index (κ2) is 6.84. The number of halogens is 6. The van der Waals surface area contributed by atoms with Crippen molar-refractivity contribution in [2.75, 3.05) is 6.67 Å². The molecule has 0 fully saturated rings. The van der Waals surface area contributed by atoms with Crippen LogP contribution in [0, 0.1) is 0 Å². The number of alkyl halides is 6. The highest BCUT2D eigenvalue weighted by atomic mass is 19.4. The summed E-state index contributed by atoms with van der Waals surface area (Å²) < 4.78 is 82.6. The van der Waals surface area contributed by atoms with Crippen molar-refractivity contribution in [3.63, 3.8) is 0 Å². The second-order valence-corrected chi connectivity index (χ2v) is 5.93. The molecule has 0 saturated heterocycles. The second-order valence-electron chi connectivity index (χ2n) is 5.93. The Hall–Kier alpha value is -3.04. The summed E-state index contributed by atoms with van der Waals surface area (Å²) in [6, 6.07) is 9.43. The lowest BCUT2D eigenvalue weighted by Gasteiger charge is -2.15. The zero-order chi connectivity index (χ0) is 20.7. The lowest BCUT2D eigenvalue weighted by molar-refractivity contribution is -0.186. The normalized spacial score (nSPS) is 12.4. The van der Waals surface area contributed by atoms with E-state index in [1.165, 1.54) is 49.5 Å². The van der Waals surface area contributed by atoms with Crippen LogP contribution in [0.2, 0.25) is 0 Å². The van der Waals surface area contributed by atoms with E-state index in [9.17, 15) is 31.1 Å². The number of hydrogen-bond donors (Lipinski definition) is 0. The first kappa shape index (κ1) is 19.7. The summed E-state index contributed by atoms with van der Waals surface area (Å²) in [6.45, 7) is -2.01. The van der Waals surface area contributed by atoms with Gasteiger partial charge in [0.25, 0.3) is 5.56 Å². The van der Waals surface area contributed by atoms with Gasteiger partial charge in [0.1, 0.15) is 5.75 Å². The molecule has 1 heterocycles. The summed E-state index contributed by atoms with van der Waals surface area (Å²) in [5.74, 6) is -0.315. The molecule has 0 saturated carbocycles. The van der Waals surface area contributed by atoms with Crippen molar-refractivity contribution < 1.29 is 31.1 Å². The third-order valence-corrected chi connectivity index (χ3v) is 3.93. The van der Waals surface area contributed by atoms with Crippen LogP contribution in [-0.2, 0) is 13.2 Å². The summed E-state index contributed by atoms with van der Waals surface area (Å²) in [7, 11) is 1.19. The highest BCUT2D eigenvalue weighted by Crippen LogP contribution is 2.30. The minimum atomic E-state index is -4.93. The monoisotopic (exact) mass is 402 g/mol. The maximum atomic E-state index is 13.1. The molecule has 0 N–H and O–H groups in total. The van der Waals surface area contributed by atoms with Gasteiger partial charge < -0.3 is 9.30 Å². The van der Waals surface area contributed by atoms with E-state index < -0.39 is 30.2 Å². The van der Waals surface area contributed by atoms with Crippen molar-refractivity contribution in [1.82, 2.24) is 9.55 Å². The molecule has 0 spiro atoms. The number of aryl methyl sites for hydroxylation is 1. The zero-order valence-electron chi connectivity index (χ0n) is 14.2. The van der Waals surface area contributed by atoms with Crippen molar-refractivity contribution in [2.24, 2.45) is 7.05 Å². The molecule has 0 aliphatic carbocycles. The van der Waals surface area contributed by atoms with Crippen LogP contribution in [0.4, 0.5) is 26.3 Å². The Morgan fingerprint density at radius 3 is 2.36 bits per heavy atom. The number of fused-ring (bicyclic) bond motifs is 1. The van der Waals surface area contributed by atoms with Crippen LogP contribution in [0.15, 0.2) is 47.3 Å². The van der Waals surface area contributed by atoms with Gasteiger partial charge >= 0.3 is 12.3 Å². The SMILES string of the molecule is Cn1c(=O)c(C(F)(F)F)nc2cc(-c3cccc(OC(F)(F)CF)c3)ccc21. The first-order valence-corrected chi connectivity index (χ1v) is 7.83. The van der Waals surface area contributed by atoms with Gasteiger partial charge in [0, 0.05) is 7.05 Å². The fourth-order valence-corrected chi connectivity index (χ4v) is 2.64. The molecule has 2 aromatic carbocycles. The van der Waals surface area contributed by atoms with Crippen LogP contribution >= 0.6 is 0 Å². The van der Waals surface area contributed by atoms with Crippen molar-refractivity contribution in [1.29, 1.82) is 0 Å². The van der Waals surface area contributed by atoms with Gasteiger partial charge in [-0.05, 0) is 35.4 Å². The zero-order valence-corrected chi connectivity index (χ0v) is 14.2. The number of rotatable bonds is 4. The van der Waals surface area contributed by atoms with Gasteiger partial charge in [0.2, 0.25) is 5.69 Å². The number of nitrogens with zero attached hydrogens (tertiary/aromatic N) is 2. The molecule has 0 aliphatic rings. The number of benzene rings is 2. The molecule has 0 radical (unpaired) electrons. The molecule has 10 heteroatoms. The van der Waals surface area contributed by atoms with Crippen LogP contribution in [0.1, 0.15) is 5.69 Å². The van der Waals surface area contributed by atoms with Gasteiger partial charge in [-0.2, -0.15) is 22.0 Å². The van der Waals surface area contributed by atoms with Crippen LogP contribution in [-0.4, -0.2) is 22.3 Å². The topological polar surface area (TPSA) is 44.1 Å². The molecule has 1 aromatic heterocycles. The van der Waals surface area contributed by atoms with E-state index in [0.29, 0.717) is 11.1 Å². The van der Waals surface area contributed by atoms with E-state index in [4.69, 9.17) is 0 Å². The van der Waals surface area contributed by atoms with E-state index in [1.54, 1.807) is 0 Å². The maximum Gasteiger partial charge on any atom is 0.438 e. The molecule has 4 nitrogen and oxygen atoms in total. The fourth-order valence-electron chi connectivity index (χ4n) is 2.64. The maximum absolute atomic E-state index is 13.1. The summed E-state index contributed by atoms with van der Waals surface area (Å²) >= 11 is 0. The van der Waals surface area contributed by atoms with E-state index in [1.807, 2.05) is 0 Å². The van der Waals surface area contributed by atoms with Crippen molar-refractivity contribution >= 4 is 11.0 Å². The summed E-state index contributed by atoms with van der Waals surface area (Å²) in [4.78, 5) is 15.3. The van der Waals surface area contributed by atoms with Gasteiger partial charge in [-0.1, -0.05) is 18.2 Å². The molecule has 0 unspecified atom stereocenters. The minimum Gasteiger partial charge on any atom is -0.431 e. The Labute approximate surface area is 154 Å². The van der Waals surface area contributed by atoms with Crippen LogP contribution < -0.4 is 10.3 Å². The van der Waals surface area contributed by atoms with E-state index in [0.717, 1.165) is 4.57 Å². The first-order valence-electron chi connectivity index (χ1n) is 7.83. The predicted octanol–water partition coefficient (Wildman–Crippen LogP) is 4.56. The Kier molecular flexibility index (Phi) is 4.82. The first-order chi connectivity index (χ1) is 13.0. The third-order valence-electron chi connectivity index (χ3n) is 3.93. The quantitative estimate of drug-likeness (QED) is 0.601. The molecule has 0 aliphatic heterocycles. The smallest absolute Gasteiger partial charge is 0.431 e. The van der Waals surface area contributed by atoms with Gasteiger partial charge in [-0.15, -0.1) is 0 Å². The molecular weight excluding hydrogens is 390 g/mol. The molecule has 0 atom stereocenters. The summed E-state index contributed by atoms with van der Waals surface area (Å²) in [6.07, 6.45) is -8.92. The van der Waals surface area contributed by atoms with Gasteiger partial charge in [-0.3, -0.25) is 4.79 Å². The summed E-state index contributed by atoms with van der Waals surface area (Å²) in [5.41, 5.74) is -2.10. The van der Waals surface area contributed by atoms with Gasteiger partial charge in [-0.25, -0.2) is 9.37 Å². The van der Waals surface area contributed by atoms with Crippen LogP contribution in [0.3, 0.4) is 0 Å². The van der Waals surface area contributed by atoms with Crippen molar-refractivity contribution in [3.8, 4) is 16.9 Å². The Morgan fingerprint density at radius 2 is 1.71 bits per heavy atom. The van der Waals surface area contributed by atoms with E-state index >= 15 is 0 Å². The Balaban J connectivity index is 2.10. The van der Waals surface area contributed by atoms with E-state index in [2.05, 4.69) is 9.72 Å². The standard InChI is InChI=1S/C18H12F6N2O2/c1-26-14-6-5-11(8-13(14)25-15(16(26)27)18(22,23)24)10-3-2-4-12(7-10)28-17(20,21)9-19/h2-8H,9H2,1H3. The lowest BCUT2D eigenvalue weighted by atomic mass is 10.0. The molecule has 148 valence electrons. The molecule has 3 rings (SSSR count). The third kappa shape index (κ3) is 3.80. The number of aromatic nitrogens is 2. The average Bonchev–Trinajstić information content (AvgIpc) is 2.63. The minimum absolute atomic E-state index is 0.104. The van der Waals surface area contributed by atoms with E-state index in [-0.39, 0.29) is 16.8 Å². The molecule has 0 amide bonds. The Bertz CT molecular complexity index is 1090. The molecule has 3 aromatic rings. The number of ether oxygens (including phenoxy) is 1. The fraction of sp³-hybridized carbons (Fsp3) is 0.222. The summed E-state index contributed by atoms with van der Waals surface area (Å²) in [5, 5.41) is 0. The highest BCUT2D eigenvalue weighted by Gasteiger charge is 2.37. The van der Waals surface area contributed by atoms with Gasteiger partial charge in [0.15, 0.2) is 6.67 Å². The van der Waals surface area contributed by atoms with Crippen LogP contribution in [0.5, 0.6) is 5.75 Å².